The lowest BCUT2D eigenvalue weighted by Crippen LogP contribution is -2.16. The molecular formula is C7H9NO. The van der Waals surface area contributed by atoms with E-state index in [4.69, 9.17) is 0 Å². The second-order valence-electron chi connectivity index (χ2n) is 2.56. The van der Waals surface area contributed by atoms with E-state index in [1.165, 1.54) is 0 Å². The molecule has 1 heterocycles. The molecule has 1 amide bonds. The lowest BCUT2D eigenvalue weighted by Gasteiger charge is -2.12. The lowest BCUT2D eigenvalue weighted by molar-refractivity contribution is -0.122. The molecule has 2 heteroatoms. The summed E-state index contributed by atoms with van der Waals surface area (Å²) in [5.41, 5.74) is 1.03. The SMILES string of the molecule is O=C(C1=CCC1)N1CC1. The van der Waals surface area contributed by atoms with Crippen LogP contribution in [0.15, 0.2) is 11.6 Å². The van der Waals surface area contributed by atoms with Crippen molar-refractivity contribution < 1.29 is 4.79 Å². The standard InChI is InChI=1S/C7H9NO/c9-7(8-4-5-8)6-2-1-3-6/h2H,1,3-5H2. The Morgan fingerprint density at radius 2 is 2.22 bits per heavy atom. The number of allylic oxidation sites excluding steroid dienone is 1. The zero-order valence-electron chi connectivity index (χ0n) is 5.26. The molecule has 0 radical (unpaired) electrons. The van der Waals surface area contributed by atoms with E-state index in [0.29, 0.717) is 0 Å². The first-order valence-corrected chi connectivity index (χ1v) is 3.36. The minimum atomic E-state index is 0.279. The maximum Gasteiger partial charge on any atom is 0.249 e. The van der Waals surface area contributed by atoms with Gasteiger partial charge in [-0.15, -0.1) is 0 Å². The molecule has 1 aliphatic heterocycles. The zero-order chi connectivity index (χ0) is 6.27. The molecule has 0 aromatic rings. The molecule has 1 saturated heterocycles. The van der Waals surface area contributed by atoms with Crippen molar-refractivity contribution in [1.82, 2.24) is 4.90 Å². The van der Waals surface area contributed by atoms with Gasteiger partial charge in [0.1, 0.15) is 0 Å². The van der Waals surface area contributed by atoms with Crippen molar-refractivity contribution in [2.45, 2.75) is 12.8 Å². The molecule has 0 aromatic heterocycles. The fraction of sp³-hybridized carbons (Fsp3) is 0.571. The maximum atomic E-state index is 11.0. The Morgan fingerprint density at radius 1 is 1.56 bits per heavy atom. The van der Waals surface area contributed by atoms with E-state index in [2.05, 4.69) is 0 Å². The number of rotatable bonds is 1. The number of carbonyl (C=O) groups excluding carboxylic acids is 1. The maximum absolute atomic E-state index is 11.0. The van der Waals surface area contributed by atoms with Crippen LogP contribution in [0, 0.1) is 0 Å². The third-order valence-corrected chi connectivity index (χ3v) is 1.81. The molecule has 48 valence electrons. The van der Waals surface area contributed by atoms with E-state index in [9.17, 15) is 4.79 Å². The average molecular weight is 123 g/mol. The number of nitrogens with zero attached hydrogens (tertiary/aromatic N) is 1. The first-order chi connectivity index (χ1) is 4.38. The summed E-state index contributed by atoms with van der Waals surface area (Å²) in [5.74, 6) is 0.279. The molecule has 2 nitrogen and oxygen atoms in total. The van der Waals surface area contributed by atoms with Gasteiger partial charge in [-0.2, -0.15) is 0 Å². The number of carbonyl (C=O) groups is 1. The Balaban J connectivity index is 2.03. The predicted octanol–water partition coefficient (Wildman–Crippen LogP) is 0.549. The summed E-state index contributed by atoms with van der Waals surface area (Å²) in [6.07, 6.45) is 4.14. The highest BCUT2D eigenvalue weighted by Crippen LogP contribution is 2.22. The van der Waals surface area contributed by atoms with Crippen LogP contribution in [-0.4, -0.2) is 23.9 Å². The summed E-state index contributed by atoms with van der Waals surface area (Å²) < 4.78 is 0. The van der Waals surface area contributed by atoms with Crippen LogP contribution in [-0.2, 0) is 4.79 Å². The highest BCUT2D eigenvalue weighted by Gasteiger charge is 2.28. The van der Waals surface area contributed by atoms with Gasteiger partial charge in [-0.05, 0) is 12.8 Å². The Bertz CT molecular complexity index is 179. The highest BCUT2D eigenvalue weighted by molar-refractivity contribution is 5.95. The van der Waals surface area contributed by atoms with Gasteiger partial charge < -0.3 is 4.90 Å². The normalized spacial score (nSPS) is 22.7. The fourth-order valence-corrected chi connectivity index (χ4v) is 0.939. The molecule has 1 aliphatic carbocycles. The van der Waals surface area contributed by atoms with Gasteiger partial charge in [0.25, 0.3) is 0 Å². The lowest BCUT2D eigenvalue weighted by atomic mass is 9.98. The van der Waals surface area contributed by atoms with Crippen molar-refractivity contribution >= 4 is 5.91 Å². The smallest absolute Gasteiger partial charge is 0.249 e. The topological polar surface area (TPSA) is 20.1 Å². The minimum absolute atomic E-state index is 0.279. The van der Waals surface area contributed by atoms with Gasteiger partial charge in [0.05, 0.1) is 0 Å². The van der Waals surface area contributed by atoms with Crippen molar-refractivity contribution in [2.24, 2.45) is 0 Å². The summed E-state index contributed by atoms with van der Waals surface area (Å²) in [7, 11) is 0. The molecule has 0 N–H and O–H groups in total. The van der Waals surface area contributed by atoms with Gasteiger partial charge in [0.15, 0.2) is 0 Å². The summed E-state index contributed by atoms with van der Waals surface area (Å²) >= 11 is 0. The molecule has 0 bridgehead atoms. The van der Waals surface area contributed by atoms with Gasteiger partial charge in [-0.25, -0.2) is 0 Å². The molecule has 1 fully saturated rings. The Hall–Kier alpha value is -0.790. The molecule has 0 aromatic carbocycles. The third kappa shape index (κ3) is 0.745. The summed E-state index contributed by atoms with van der Waals surface area (Å²) in [4.78, 5) is 12.9. The van der Waals surface area contributed by atoms with E-state index in [1.807, 2.05) is 11.0 Å². The minimum Gasteiger partial charge on any atom is -0.335 e. The summed E-state index contributed by atoms with van der Waals surface area (Å²) in [6, 6.07) is 0. The van der Waals surface area contributed by atoms with Gasteiger partial charge >= 0.3 is 0 Å². The molecule has 0 unspecified atom stereocenters. The van der Waals surface area contributed by atoms with Gasteiger partial charge in [-0.1, -0.05) is 6.08 Å². The van der Waals surface area contributed by atoms with Crippen molar-refractivity contribution in [1.29, 1.82) is 0 Å². The second-order valence-corrected chi connectivity index (χ2v) is 2.56. The first-order valence-electron chi connectivity index (χ1n) is 3.36. The van der Waals surface area contributed by atoms with Crippen LogP contribution in [0.3, 0.4) is 0 Å². The predicted molar refractivity (Wildman–Crippen MR) is 33.9 cm³/mol. The van der Waals surface area contributed by atoms with Crippen LogP contribution in [0.4, 0.5) is 0 Å². The van der Waals surface area contributed by atoms with Crippen LogP contribution in [0.25, 0.3) is 0 Å². The largest absolute Gasteiger partial charge is 0.335 e. The van der Waals surface area contributed by atoms with Crippen LogP contribution in [0.5, 0.6) is 0 Å². The van der Waals surface area contributed by atoms with E-state index < -0.39 is 0 Å². The average Bonchev–Trinajstić information content (AvgIpc) is 2.37. The van der Waals surface area contributed by atoms with E-state index in [1.54, 1.807) is 0 Å². The number of hydrogen-bond donors (Lipinski definition) is 0. The van der Waals surface area contributed by atoms with Crippen LogP contribution < -0.4 is 0 Å². The van der Waals surface area contributed by atoms with Crippen molar-refractivity contribution in [3.05, 3.63) is 11.6 Å². The summed E-state index contributed by atoms with van der Waals surface area (Å²) in [5, 5.41) is 0. The molecular weight excluding hydrogens is 114 g/mol. The molecule has 0 saturated carbocycles. The highest BCUT2D eigenvalue weighted by atomic mass is 16.2. The van der Waals surface area contributed by atoms with Crippen molar-refractivity contribution in [2.75, 3.05) is 13.1 Å². The zero-order valence-corrected chi connectivity index (χ0v) is 5.26. The van der Waals surface area contributed by atoms with Gasteiger partial charge in [0.2, 0.25) is 5.91 Å². The van der Waals surface area contributed by atoms with Crippen LogP contribution >= 0.6 is 0 Å². The number of hydrogen-bond acceptors (Lipinski definition) is 1. The first kappa shape index (κ1) is 5.03. The van der Waals surface area contributed by atoms with E-state index >= 15 is 0 Å². The molecule has 2 aliphatic rings. The Morgan fingerprint density at radius 3 is 2.56 bits per heavy atom. The Labute approximate surface area is 54.1 Å². The molecule has 9 heavy (non-hydrogen) atoms. The van der Waals surface area contributed by atoms with Crippen LogP contribution in [0.2, 0.25) is 0 Å². The van der Waals surface area contributed by atoms with Crippen molar-refractivity contribution in [3.63, 3.8) is 0 Å². The molecule has 0 spiro atoms. The quantitative estimate of drug-likeness (QED) is 0.466. The van der Waals surface area contributed by atoms with Gasteiger partial charge in [-0.3, -0.25) is 4.79 Å². The Kier molecular flexibility index (Phi) is 0.891. The second kappa shape index (κ2) is 1.59. The van der Waals surface area contributed by atoms with Crippen molar-refractivity contribution in [3.8, 4) is 0 Å². The van der Waals surface area contributed by atoms with E-state index in [-0.39, 0.29) is 5.91 Å². The monoisotopic (exact) mass is 123 g/mol. The fourth-order valence-electron chi connectivity index (χ4n) is 0.939. The molecule has 0 atom stereocenters. The third-order valence-electron chi connectivity index (χ3n) is 1.81. The number of amides is 1. The summed E-state index contributed by atoms with van der Waals surface area (Å²) in [6.45, 7) is 1.96. The molecule has 2 rings (SSSR count). The van der Waals surface area contributed by atoms with Crippen LogP contribution in [0.1, 0.15) is 12.8 Å². The van der Waals surface area contributed by atoms with E-state index in [0.717, 1.165) is 31.5 Å². The van der Waals surface area contributed by atoms with Gasteiger partial charge in [0, 0.05) is 18.7 Å².